The van der Waals surface area contributed by atoms with Crippen LogP contribution in [-0.4, -0.2) is 7.11 Å². The van der Waals surface area contributed by atoms with Crippen LogP contribution in [0.4, 0.5) is 4.39 Å². The third-order valence-electron chi connectivity index (χ3n) is 3.32. The number of hydrogen-bond acceptors (Lipinski definition) is 2. The molecule has 2 nitrogen and oxygen atoms in total. The van der Waals surface area contributed by atoms with Crippen molar-refractivity contribution in [3.8, 4) is 5.75 Å². The Bertz CT molecular complexity index is 613. The predicted octanol–water partition coefficient (Wildman–Crippen LogP) is 3.90. The van der Waals surface area contributed by atoms with Crippen molar-refractivity contribution in [2.24, 2.45) is 5.73 Å². The van der Waals surface area contributed by atoms with Gasteiger partial charge in [-0.05, 0) is 42.7 Å². The summed E-state index contributed by atoms with van der Waals surface area (Å²) in [7, 11) is 1.60. The first-order valence-electron chi connectivity index (χ1n) is 6.30. The molecule has 0 bridgehead atoms. The average Bonchev–Trinajstić information content (AvgIpc) is 2.44. The molecule has 0 aliphatic rings. The van der Waals surface area contributed by atoms with Crippen molar-refractivity contribution < 1.29 is 9.13 Å². The van der Waals surface area contributed by atoms with Crippen molar-refractivity contribution >= 4 is 11.6 Å². The largest absolute Gasteiger partial charge is 0.497 e. The summed E-state index contributed by atoms with van der Waals surface area (Å²) in [5.41, 5.74) is 7.03. The third-order valence-corrected chi connectivity index (χ3v) is 3.61. The molecule has 0 spiro atoms. The number of rotatable bonds is 4. The Balaban J connectivity index is 2.32. The molecule has 0 saturated heterocycles. The van der Waals surface area contributed by atoms with Crippen molar-refractivity contribution in [2.75, 3.05) is 7.11 Å². The summed E-state index contributed by atoms with van der Waals surface area (Å²) >= 11 is 5.80. The topological polar surface area (TPSA) is 35.2 Å². The fourth-order valence-electron chi connectivity index (χ4n) is 2.16. The van der Waals surface area contributed by atoms with Gasteiger partial charge in [0.1, 0.15) is 11.6 Å². The van der Waals surface area contributed by atoms with Crippen LogP contribution in [0, 0.1) is 5.82 Å². The molecule has 0 fully saturated rings. The van der Waals surface area contributed by atoms with Crippen molar-refractivity contribution in [1.29, 1.82) is 0 Å². The molecular formula is C16H17ClFNO. The van der Waals surface area contributed by atoms with Gasteiger partial charge in [0.15, 0.2) is 0 Å². The molecule has 20 heavy (non-hydrogen) atoms. The van der Waals surface area contributed by atoms with Gasteiger partial charge < -0.3 is 10.5 Å². The van der Waals surface area contributed by atoms with Crippen LogP contribution in [0.15, 0.2) is 42.5 Å². The van der Waals surface area contributed by atoms with E-state index in [2.05, 4.69) is 0 Å². The Hall–Kier alpha value is -1.58. The first-order valence-corrected chi connectivity index (χ1v) is 6.68. The standard InChI is InChI=1S/C16H17ClFNO/c1-16(19,12-6-4-7-13(9-12)20-2)10-11-5-3-8-14(17)15(11)18/h3-9H,10,19H2,1-2H3. The summed E-state index contributed by atoms with van der Waals surface area (Å²) in [5, 5.41) is 0.115. The minimum Gasteiger partial charge on any atom is -0.497 e. The summed E-state index contributed by atoms with van der Waals surface area (Å²) in [5.74, 6) is 0.319. The van der Waals surface area contributed by atoms with Crippen molar-refractivity contribution in [2.45, 2.75) is 18.9 Å². The van der Waals surface area contributed by atoms with Gasteiger partial charge in [0.2, 0.25) is 0 Å². The van der Waals surface area contributed by atoms with Gasteiger partial charge in [-0.25, -0.2) is 4.39 Å². The second-order valence-electron chi connectivity index (χ2n) is 5.04. The zero-order valence-corrected chi connectivity index (χ0v) is 12.2. The summed E-state index contributed by atoms with van der Waals surface area (Å²) in [6.45, 7) is 1.86. The molecule has 0 heterocycles. The first kappa shape index (κ1) is 14.8. The van der Waals surface area contributed by atoms with Crippen LogP contribution in [-0.2, 0) is 12.0 Å². The lowest BCUT2D eigenvalue weighted by atomic mass is 9.86. The maximum Gasteiger partial charge on any atom is 0.145 e. The van der Waals surface area contributed by atoms with Gasteiger partial charge in [-0.15, -0.1) is 0 Å². The predicted molar refractivity (Wildman–Crippen MR) is 79.6 cm³/mol. The van der Waals surface area contributed by atoms with Gasteiger partial charge in [0.05, 0.1) is 12.1 Å². The summed E-state index contributed by atoms with van der Waals surface area (Å²) in [6.07, 6.45) is 0.354. The maximum absolute atomic E-state index is 14.0. The van der Waals surface area contributed by atoms with E-state index in [9.17, 15) is 4.39 Å². The quantitative estimate of drug-likeness (QED) is 0.928. The van der Waals surface area contributed by atoms with Gasteiger partial charge >= 0.3 is 0 Å². The molecule has 106 valence electrons. The molecule has 0 aliphatic carbocycles. The second-order valence-corrected chi connectivity index (χ2v) is 5.45. The number of halogens is 2. The van der Waals surface area contributed by atoms with Gasteiger partial charge in [-0.2, -0.15) is 0 Å². The van der Waals surface area contributed by atoms with Gasteiger partial charge in [0.25, 0.3) is 0 Å². The lowest BCUT2D eigenvalue weighted by molar-refractivity contribution is 0.410. The Morgan fingerprint density at radius 2 is 1.95 bits per heavy atom. The average molecular weight is 294 g/mol. The molecular weight excluding hydrogens is 277 g/mol. The number of benzene rings is 2. The zero-order chi connectivity index (χ0) is 14.8. The smallest absolute Gasteiger partial charge is 0.145 e. The van der Waals surface area contributed by atoms with E-state index in [4.69, 9.17) is 22.1 Å². The molecule has 2 aromatic carbocycles. The highest BCUT2D eigenvalue weighted by molar-refractivity contribution is 6.30. The Morgan fingerprint density at radius 3 is 2.65 bits per heavy atom. The highest BCUT2D eigenvalue weighted by Crippen LogP contribution is 2.28. The SMILES string of the molecule is COc1cccc(C(C)(N)Cc2cccc(Cl)c2F)c1. The molecule has 0 radical (unpaired) electrons. The highest BCUT2D eigenvalue weighted by atomic mass is 35.5. The lowest BCUT2D eigenvalue weighted by Crippen LogP contribution is -2.35. The molecule has 0 amide bonds. The van der Waals surface area contributed by atoms with Crippen molar-refractivity contribution in [3.05, 3.63) is 64.4 Å². The highest BCUT2D eigenvalue weighted by Gasteiger charge is 2.24. The number of methoxy groups -OCH3 is 1. The summed E-state index contributed by atoms with van der Waals surface area (Å²) in [6, 6.07) is 12.4. The van der Waals surface area contributed by atoms with Gasteiger partial charge in [0, 0.05) is 5.54 Å². The Kier molecular flexibility index (Phi) is 4.31. The minimum atomic E-state index is -0.708. The molecule has 2 rings (SSSR count). The van der Waals surface area contributed by atoms with Gasteiger partial charge in [-0.3, -0.25) is 0 Å². The van der Waals surface area contributed by atoms with Crippen molar-refractivity contribution in [3.63, 3.8) is 0 Å². The lowest BCUT2D eigenvalue weighted by Gasteiger charge is -2.26. The monoisotopic (exact) mass is 293 g/mol. The van der Waals surface area contributed by atoms with Crippen LogP contribution in [0.2, 0.25) is 5.02 Å². The van der Waals surface area contributed by atoms with E-state index >= 15 is 0 Å². The Labute approximate surface area is 123 Å². The summed E-state index contributed by atoms with van der Waals surface area (Å²) in [4.78, 5) is 0. The fourth-order valence-corrected chi connectivity index (χ4v) is 2.36. The third kappa shape index (κ3) is 3.11. The van der Waals surface area contributed by atoms with E-state index < -0.39 is 11.4 Å². The molecule has 2 N–H and O–H groups in total. The molecule has 1 unspecified atom stereocenters. The van der Waals surface area contributed by atoms with E-state index in [0.717, 1.165) is 11.3 Å². The summed E-state index contributed by atoms with van der Waals surface area (Å²) < 4.78 is 19.2. The van der Waals surface area contributed by atoms with Crippen LogP contribution < -0.4 is 10.5 Å². The molecule has 2 aromatic rings. The first-order chi connectivity index (χ1) is 9.44. The van der Waals surface area contributed by atoms with E-state index in [1.807, 2.05) is 31.2 Å². The van der Waals surface area contributed by atoms with Gasteiger partial charge in [-0.1, -0.05) is 35.9 Å². The van der Waals surface area contributed by atoms with E-state index in [1.165, 1.54) is 6.07 Å². The molecule has 0 saturated carbocycles. The number of ether oxygens (including phenoxy) is 1. The maximum atomic E-state index is 14.0. The van der Waals surface area contributed by atoms with Crippen LogP contribution in [0.25, 0.3) is 0 Å². The van der Waals surface area contributed by atoms with Crippen LogP contribution in [0.1, 0.15) is 18.1 Å². The minimum absolute atomic E-state index is 0.115. The number of hydrogen-bond donors (Lipinski definition) is 1. The normalized spacial score (nSPS) is 13.8. The van der Waals surface area contributed by atoms with E-state index in [1.54, 1.807) is 19.2 Å². The van der Waals surface area contributed by atoms with Crippen LogP contribution in [0.3, 0.4) is 0 Å². The molecule has 4 heteroatoms. The molecule has 0 aliphatic heterocycles. The van der Waals surface area contributed by atoms with Crippen LogP contribution in [0.5, 0.6) is 5.75 Å². The Morgan fingerprint density at radius 1 is 1.25 bits per heavy atom. The fraction of sp³-hybridized carbons (Fsp3) is 0.250. The van der Waals surface area contributed by atoms with E-state index in [0.29, 0.717) is 12.0 Å². The second kappa shape index (κ2) is 5.81. The van der Waals surface area contributed by atoms with Crippen molar-refractivity contribution in [1.82, 2.24) is 0 Å². The van der Waals surface area contributed by atoms with E-state index in [-0.39, 0.29) is 5.02 Å². The molecule has 0 aromatic heterocycles. The molecule has 1 atom stereocenters. The zero-order valence-electron chi connectivity index (χ0n) is 11.5. The van der Waals surface area contributed by atoms with Crippen LogP contribution >= 0.6 is 11.6 Å². The number of nitrogens with two attached hydrogens (primary N) is 1.